The van der Waals surface area contributed by atoms with Crippen LogP contribution >= 0.6 is 0 Å². The zero-order chi connectivity index (χ0) is 11.9. The predicted octanol–water partition coefficient (Wildman–Crippen LogP) is 0.682. The van der Waals surface area contributed by atoms with E-state index < -0.39 is 36.4 Å². The fraction of sp³-hybridized carbons (Fsp3) is 0.714. The third kappa shape index (κ3) is 2.38. The molecule has 1 saturated heterocycles. The summed E-state index contributed by atoms with van der Waals surface area (Å²) in [5, 5.41) is 8.38. The monoisotopic (exact) mass is 228 g/mol. The number of esters is 1. The molecule has 0 aliphatic carbocycles. The number of cyclic esters (lactones) is 1. The summed E-state index contributed by atoms with van der Waals surface area (Å²) in [6.45, 7) is 0.940. The van der Waals surface area contributed by atoms with E-state index in [2.05, 4.69) is 9.47 Å². The second kappa shape index (κ2) is 3.37. The summed E-state index contributed by atoms with van der Waals surface area (Å²) < 4.78 is 44.3. The Morgan fingerprint density at radius 3 is 2.47 bits per heavy atom. The van der Waals surface area contributed by atoms with Gasteiger partial charge in [-0.2, -0.15) is 13.2 Å². The second-order valence-corrected chi connectivity index (χ2v) is 3.20. The average molecular weight is 228 g/mol. The predicted molar refractivity (Wildman–Crippen MR) is 37.7 cm³/mol. The van der Waals surface area contributed by atoms with Crippen LogP contribution in [0.3, 0.4) is 0 Å². The van der Waals surface area contributed by atoms with Gasteiger partial charge in [-0.25, -0.2) is 4.79 Å². The Morgan fingerprint density at radius 2 is 2.13 bits per heavy atom. The van der Waals surface area contributed by atoms with Gasteiger partial charge in [-0.3, -0.25) is 4.79 Å². The summed E-state index contributed by atoms with van der Waals surface area (Å²) in [5.74, 6) is -2.77. The van der Waals surface area contributed by atoms with Gasteiger partial charge < -0.3 is 14.6 Å². The highest BCUT2D eigenvalue weighted by molar-refractivity contribution is 5.86. The standard InChI is InChI=1S/C7H7F3O5/c1-6(2-3(11)12)4(13)14-5(15-6)7(8,9)10/h5H,2H2,1H3,(H,11,12). The summed E-state index contributed by atoms with van der Waals surface area (Å²) in [6.07, 6.45) is -8.42. The molecule has 2 atom stereocenters. The van der Waals surface area contributed by atoms with Crippen molar-refractivity contribution < 1.29 is 37.3 Å². The fourth-order valence-corrected chi connectivity index (χ4v) is 1.07. The van der Waals surface area contributed by atoms with Crippen LogP contribution in [0.2, 0.25) is 0 Å². The molecule has 0 radical (unpaired) electrons. The largest absolute Gasteiger partial charge is 0.481 e. The Bertz CT molecular complexity index is 299. The molecule has 1 rings (SSSR count). The number of carbonyl (C=O) groups excluding carboxylic acids is 1. The first-order valence-electron chi connectivity index (χ1n) is 3.82. The summed E-state index contributed by atoms with van der Waals surface area (Å²) in [4.78, 5) is 21.3. The third-order valence-electron chi connectivity index (χ3n) is 1.77. The molecule has 0 saturated carbocycles. The lowest BCUT2D eigenvalue weighted by atomic mass is 10.0. The van der Waals surface area contributed by atoms with Crippen molar-refractivity contribution in [3.63, 3.8) is 0 Å². The van der Waals surface area contributed by atoms with Crippen molar-refractivity contribution in [1.82, 2.24) is 0 Å². The van der Waals surface area contributed by atoms with Crippen LogP contribution in [0.1, 0.15) is 13.3 Å². The first kappa shape index (κ1) is 11.8. The molecule has 1 heterocycles. The number of halogens is 3. The van der Waals surface area contributed by atoms with Crippen molar-refractivity contribution in [2.45, 2.75) is 31.4 Å². The van der Waals surface area contributed by atoms with E-state index in [1.165, 1.54) is 0 Å². The van der Waals surface area contributed by atoms with E-state index in [0.717, 1.165) is 6.92 Å². The molecule has 2 unspecified atom stereocenters. The first-order chi connectivity index (χ1) is 6.65. The Kier molecular flexibility index (Phi) is 2.64. The van der Waals surface area contributed by atoms with Crippen LogP contribution in [0.15, 0.2) is 0 Å². The molecule has 0 aromatic rings. The first-order valence-corrected chi connectivity index (χ1v) is 3.82. The zero-order valence-corrected chi connectivity index (χ0v) is 7.50. The number of hydrogen-bond donors (Lipinski definition) is 1. The Labute approximate surface area is 81.8 Å². The molecule has 0 aromatic heterocycles. The molecule has 0 bridgehead atoms. The molecular weight excluding hydrogens is 221 g/mol. The van der Waals surface area contributed by atoms with Crippen molar-refractivity contribution in [3.8, 4) is 0 Å². The Hall–Kier alpha value is -1.31. The summed E-state index contributed by atoms with van der Waals surface area (Å²) >= 11 is 0. The molecule has 8 heteroatoms. The van der Waals surface area contributed by atoms with Crippen molar-refractivity contribution >= 4 is 11.9 Å². The number of ether oxygens (including phenoxy) is 2. The highest BCUT2D eigenvalue weighted by Crippen LogP contribution is 2.36. The van der Waals surface area contributed by atoms with Crippen LogP contribution in [0.5, 0.6) is 0 Å². The molecule has 1 aliphatic heterocycles. The average Bonchev–Trinajstić information content (AvgIpc) is 2.25. The quantitative estimate of drug-likeness (QED) is 0.703. The molecule has 1 fully saturated rings. The highest BCUT2D eigenvalue weighted by Gasteiger charge is 2.57. The minimum absolute atomic E-state index is 0.877. The van der Waals surface area contributed by atoms with Crippen molar-refractivity contribution in [2.24, 2.45) is 0 Å². The number of carbonyl (C=O) groups is 2. The van der Waals surface area contributed by atoms with E-state index in [9.17, 15) is 22.8 Å². The number of carboxylic acid groups (broad SMARTS) is 1. The van der Waals surface area contributed by atoms with Gasteiger partial charge in [-0.15, -0.1) is 0 Å². The number of aliphatic carboxylic acids is 1. The third-order valence-corrected chi connectivity index (χ3v) is 1.77. The smallest absolute Gasteiger partial charge is 0.452 e. The van der Waals surface area contributed by atoms with Crippen molar-refractivity contribution in [1.29, 1.82) is 0 Å². The zero-order valence-electron chi connectivity index (χ0n) is 7.50. The maximum atomic E-state index is 12.1. The minimum Gasteiger partial charge on any atom is -0.481 e. The van der Waals surface area contributed by atoms with E-state index in [0.29, 0.717) is 0 Å². The van der Waals surface area contributed by atoms with Crippen LogP contribution in [-0.4, -0.2) is 35.1 Å². The number of carboxylic acids is 1. The molecule has 1 aliphatic rings. The van der Waals surface area contributed by atoms with Gasteiger partial charge in [-0.1, -0.05) is 0 Å². The fourth-order valence-electron chi connectivity index (χ4n) is 1.07. The van der Waals surface area contributed by atoms with Gasteiger partial charge >= 0.3 is 24.4 Å². The van der Waals surface area contributed by atoms with Crippen molar-refractivity contribution in [3.05, 3.63) is 0 Å². The molecule has 86 valence electrons. The number of rotatable bonds is 2. The maximum Gasteiger partial charge on any atom is 0.452 e. The summed E-state index contributed by atoms with van der Waals surface area (Å²) in [6, 6.07) is 0. The lowest BCUT2D eigenvalue weighted by Gasteiger charge is -2.17. The normalized spacial score (nSPS) is 31.5. The van der Waals surface area contributed by atoms with E-state index >= 15 is 0 Å². The topological polar surface area (TPSA) is 72.8 Å². The second-order valence-electron chi connectivity index (χ2n) is 3.20. The summed E-state index contributed by atoms with van der Waals surface area (Å²) in [5.41, 5.74) is -2.08. The highest BCUT2D eigenvalue weighted by atomic mass is 19.4. The molecule has 0 aromatic carbocycles. The molecular formula is C7H7F3O5. The number of alkyl halides is 3. The Balaban J connectivity index is 2.80. The van der Waals surface area contributed by atoms with Crippen molar-refractivity contribution in [2.75, 3.05) is 0 Å². The van der Waals surface area contributed by atoms with Gasteiger partial charge in [0.1, 0.15) is 0 Å². The molecule has 1 N–H and O–H groups in total. The lowest BCUT2D eigenvalue weighted by molar-refractivity contribution is -0.282. The van der Waals surface area contributed by atoms with Gasteiger partial charge in [0.15, 0.2) is 5.60 Å². The molecule has 5 nitrogen and oxygen atoms in total. The van der Waals surface area contributed by atoms with Crippen LogP contribution in [0, 0.1) is 0 Å². The van der Waals surface area contributed by atoms with E-state index in [1.54, 1.807) is 0 Å². The van der Waals surface area contributed by atoms with Crippen LogP contribution in [0.25, 0.3) is 0 Å². The van der Waals surface area contributed by atoms with Gasteiger partial charge in [0.2, 0.25) is 0 Å². The van der Waals surface area contributed by atoms with Crippen LogP contribution in [-0.2, 0) is 19.1 Å². The maximum absolute atomic E-state index is 12.1. The minimum atomic E-state index is -4.86. The lowest BCUT2D eigenvalue weighted by Crippen LogP contribution is -2.37. The summed E-state index contributed by atoms with van der Waals surface area (Å²) in [7, 11) is 0. The van der Waals surface area contributed by atoms with Gasteiger partial charge in [0.25, 0.3) is 0 Å². The molecule has 0 amide bonds. The molecule has 0 spiro atoms. The van der Waals surface area contributed by atoms with Gasteiger partial charge in [0.05, 0.1) is 6.42 Å². The Morgan fingerprint density at radius 1 is 1.60 bits per heavy atom. The van der Waals surface area contributed by atoms with E-state index in [-0.39, 0.29) is 0 Å². The van der Waals surface area contributed by atoms with E-state index in [1.807, 2.05) is 0 Å². The van der Waals surface area contributed by atoms with Gasteiger partial charge in [0, 0.05) is 0 Å². The SMILES string of the molecule is CC1(CC(=O)O)OC(C(F)(F)F)OC1=O. The van der Waals surface area contributed by atoms with Crippen LogP contribution in [0.4, 0.5) is 13.2 Å². The van der Waals surface area contributed by atoms with Gasteiger partial charge in [-0.05, 0) is 6.92 Å². The molecule has 15 heavy (non-hydrogen) atoms. The van der Waals surface area contributed by atoms with E-state index in [4.69, 9.17) is 5.11 Å². The van der Waals surface area contributed by atoms with Crippen LogP contribution < -0.4 is 0 Å². The number of hydrogen-bond acceptors (Lipinski definition) is 4.